The van der Waals surface area contributed by atoms with Crippen LogP contribution in [0.15, 0.2) is 11.1 Å². The van der Waals surface area contributed by atoms with Gasteiger partial charge in [-0.2, -0.15) is 0 Å². The van der Waals surface area contributed by atoms with Crippen molar-refractivity contribution >= 4 is 6.21 Å². The van der Waals surface area contributed by atoms with Crippen molar-refractivity contribution in [1.82, 2.24) is 0 Å². The molecule has 0 aromatic carbocycles. The summed E-state index contributed by atoms with van der Waals surface area (Å²) in [7, 11) is 0. The Labute approximate surface area is 36.1 Å². The maximum absolute atomic E-state index is 4.57. The predicted molar refractivity (Wildman–Crippen MR) is 22.3 cm³/mol. The third-order valence-corrected chi connectivity index (χ3v) is 0.470. The number of rotatable bonds is 0. The molecule has 0 spiro atoms. The molecule has 0 fully saturated rings. The van der Waals surface area contributed by atoms with Crippen molar-refractivity contribution in [2.45, 2.75) is 0 Å². The first kappa shape index (κ1) is 3.40. The van der Waals surface area contributed by atoms with Crippen LogP contribution in [0.1, 0.15) is 0 Å². The lowest BCUT2D eigenvalue weighted by Crippen LogP contribution is -1.87. The number of hydrogen-bond acceptors (Lipinski definition) is 2. The normalized spacial score (nSPS) is 17.3. The first-order chi connectivity index (χ1) is 3.00. The summed E-state index contributed by atoms with van der Waals surface area (Å²) in [5, 5.41) is 0. The van der Waals surface area contributed by atoms with Crippen LogP contribution in [0.25, 0.3) is 0 Å². The number of nitrogens with zero attached hydrogens (tertiary/aromatic N) is 1. The fourth-order valence-electron chi connectivity index (χ4n) is 0.249. The summed E-state index contributed by atoms with van der Waals surface area (Å²) >= 11 is 0. The molecule has 0 unspecified atom stereocenters. The Kier molecular flexibility index (Phi) is 0.906. The molecule has 1 radical (unpaired) electrons. The van der Waals surface area contributed by atoms with Crippen molar-refractivity contribution in [3.63, 3.8) is 0 Å². The van der Waals surface area contributed by atoms with Crippen LogP contribution in [0.5, 0.6) is 0 Å². The monoisotopic (exact) mass is 82.0 g/mol. The Morgan fingerprint density at radius 3 is 3.00 bits per heavy atom. The molecule has 0 aromatic heterocycles. The molecule has 31 valence electrons. The molecule has 0 saturated heterocycles. The smallest absolute Gasteiger partial charge is 0.179 e. The Morgan fingerprint density at radius 1 is 1.83 bits per heavy atom. The van der Waals surface area contributed by atoms with E-state index in [-0.39, 0.29) is 0 Å². The molecule has 0 bridgehead atoms. The average molecular weight is 82.1 g/mol. The lowest BCUT2D eigenvalue weighted by molar-refractivity contribution is 0.237. The first-order valence-electron chi connectivity index (χ1n) is 1.69. The minimum absolute atomic E-state index is 0.427. The molecule has 2 nitrogen and oxygen atoms in total. The van der Waals surface area contributed by atoms with Gasteiger partial charge in [-0.05, 0) is 0 Å². The van der Waals surface area contributed by atoms with Gasteiger partial charge in [-0.1, -0.05) is 0 Å². The maximum atomic E-state index is 4.57. The van der Waals surface area contributed by atoms with E-state index >= 15 is 0 Å². The van der Waals surface area contributed by atoms with Crippen molar-refractivity contribution in [3.05, 3.63) is 12.3 Å². The Balaban J connectivity index is 2.46. The van der Waals surface area contributed by atoms with Crippen molar-refractivity contribution in [3.8, 4) is 0 Å². The highest BCUT2D eigenvalue weighted by molar-refractivity contribution is 5.70. The van der Waals surface area contributed by atoms with Gasteiger partial charge in [-0.15, -0.1) is 0 Å². The van der Waals surface area contributed by atoms with Gasteiger partial charge in [0.2, 0.25) is 0 Å². The molecule has 6 heavy (non-hydrogen) atoms. The first-order valence-corrected chi connectivity index (χ1v) is 1.69. The summed E-state index contributed by atoms with van der Waals surface area (Å²) in [6.07, 6.45) is 5.80. The standard InChI is InChI=1S/C4H4NO/c1-2-5-4-6-3-1/h1-2H,4H2. The summed E-state index contributed by atoms with van der Waals surface area (Å²) < 4.78 is 4.57. The largest absolute Gasteiger partial charge is 0.467 e. The molecule has 1 aliphatic heterocycles. The van der Waals surface area contributed by atoms with Crippen LogP contribution in [0.2, 0.25) is 0 Å². The summed E-state index contributed by atoms with van der Waals surface area (Å²) in [6.45, 7) is 0.427. The van der Waals surface area contributed by atoms with Gasteiger partial charge in [-0.25, -0.2) is 0 Å². The van der Waals surface area contributed by atoms with E-state index in [0.717, 1.165) is 0 Å². The van der Waals surface area contributed by atoms with E-state index in [4.69, 9.17) is 0 Å². The highest BCUT2D eigenvalue weighted by atomic mass is 16.5. The quantitative estimate of drug-likeness (QED) is 0.413. The van der Waals surface area contributed by atoms with Gasteiger partial charge in [0.25, 0.3) is 0 Å². The fourth-order valence-corrected chi connectivity index (χ4v) is 0.249. The van der Waals surface area contributed by atoms with Crippen LogP contribution in [0.4, 0.5) is 0 Å². The average Bonchev–Trinajstić information content (AvgIpc) is 1.72. The van der Waals surface area contributed by atoms with Crippen LogP contribution in [0, 0.1) is 6.26 Å². The molecule has 1 rings (SSSR count). The Hall–Kier alpha value is -0.790. The summed E-state index contributed by atoms with van der Waals surface area (Å²) in [4.78, 5) is 3.71. The maximum Gasteiger partial charge on any atom is 0.179 e. The molecule has 0 saturated carbocycles. The van der Waals surface area contributed by atoms with Crippen LogP contribution in [0.3, 0.4) is 0 Å². The summed E-state index contributed by atoms with van der Waals surface area (Å²) in [5.74, 6) is 0. The second-order valence-electron chi connectivity index (χ2n) is 0.890. The van der Waals surface area contributed by atoms with Crippen molar-refractivity contribution in [2.24, 2.45) is 4.99 Å². The van der Waals surface area contributed by atoms with Crippen LogP contribution < -0.4 is 0 Å². The second-order valence-corrected chi connectivity index (χ2v) is 0.890. The van der Waals surface area contributed by atoms with Crippen molar-refractivity contribution < 1.29 is 4.74 Å². The van der Waals surface area contributed by atoms with Crippen LogP contribution >= 0.6 is 0 Å². The van der Waals surface area contributed by atoms with Crippen LogP contribution in [-0.4, -0.2) is 12.9 Å². The molecule has 0 amide bonds. The SMILES string of the molecule is [C]1=CC=NCO1. The van der Waals surface area contributed by atoms with Gasteiger partial charge >= 0.3 is 0 Å². The van der Waals surface area contributed by atoms with E-state index in [9.17, 15) is 0 Å². The minimum Gasteiger partial charge on any atom is -0.467 e. The predicted octanol–water partition coefficient (Wildman–Crippen LogP) is 0.362. The molecular weight excluding hydrogens is 78.0 g/mol. The molecule has 1 heterocycles. The van der Waals surface area contributed by atoms with Gasteiger partial charge in [0.15, 0.2) is 13.0 Å². The lowest BCUT2D eigenvalue weighted by Gasteiger charge is -1.92. The van der Waals surface area contributed by atoms with Gasteiger partial charge in [-0.3, -0.25) is 4.99 Å². The van der Waals surface area contributed by atoms with E-state index in [2.05, 4.69) is 16.0 Å². The number of ether oxygens (including phenoxy) is 1. The van der Waals surface area contributed by atoms with E-state index in [1.807, 2.05) is 0 Å². The molecule has 0 aliphatic carbocycles. The zero-order valence-electron chi connectivity index (χ0n) is 3.22. The minimum atomic E-state index is 0.427. The molecule has 1 aliphatic rings. The number of hydrogen-bond donors (Lipinski definition) is 0. The fraction of sp³-hybridized carbons (Fsp3) is 0.250. The van der Waals surface area contributed by atoms with Crippen molar-refractivity contribution in [2.75, 3.05) is 6.73 Å². The van der Waals surface area contributed by atoms with E-state index in [1.165, 1.54) is 0 Å². The highest BCUT2D eigenvalue weighted by Crippen LogP contribution is 1.80. The van der Waals surface area contributed by atoms with Gasteiger partial charge < -0.3 is 4.74 Å². The zero-order valence-corrected chi connectivity index (χ0v) is 3.22. The van der Waals surface area contributed by atoms with Crippen molar-refractivity contribution in [1.29, 1.82) is 0 Å². The second kappa shape index (κ2) is 1.60. The third kappa shape index (κ3) is 0.578. The van der Waals surface area contributed by atoms with E-state index in [0.29, 0.717) is 6.73 Å². The topological polar surface area (TPSA) is 21.6 Å². The summed E-state index contributed by atoms with van der Waals surface area (Å²) in [5.41, 5.74) is 0. The van der Waals surface area contributed by atoms with Gasteiger partial charge in [0.1, 0.15) is 0 Å². The van der Waals surface area contributed by atoms with E-state index in [1.54, 1.807) is 12.3 Å². The molecule has 0 atom stereocenters. The van der Waals surface area contributed by atoms with Crippen LogP contribution in [-0.2, 0) is 4.74 Å². The highest BCUT2D eigenvalue weighted by Gasteiger charge is 1.77. The summed E-state index contributed by atoms with van der Waals surface area (Å²) in [6, 6.07) is 0. The molecule has 0 N–H and O–H groups in total. The zero-order chi connectivity index (χ0) is 4.24. The Morgan fingerprint density at radius 2 is 2.83 bits per heavy atom. The van der Waals surface area contributed by atoms with E-state index < -0.39 is 0 Å². The Bertz CT molecular complexity index is 73.5. The number of aliphatic imine (C=N–C) groups is 1. The third-order valence-electron chi connectivity index (χ3n) is 0.470. The number of allylic oxidation sites excluding steroid dienone is 1. The van der Waals surface area contributed by atoms with Gasteiger partial charge in [0, 0.05) is 12.3 Å². The lowest BCUT2D eigenvalue weighted by atomic mass is 10.7. The molecular formula is C4H4NO. The van der Waals surface area contributed by atoms with Gasteiger partial charge in [0.05, 0.1) is 0 Å². The molecule has 0 aromatic rings. The molecule has 2 heteroatoms.